The fraction of sp³-hybridized carbons (Fsp3) is 0.381. The van der Waals surface area contributed by atoms with Crippen molar-refractivity contribution in [2.45, 2.75) is 12.6 Å². The van der Waals surface area contributed by atoms with Crippen LogP contribution in [-0.4, -0.2) is 55.1 Å². The zero-order valence-electron chi connectivity index (χ0n) is 15.5. The van der Waals surface area contributed by atoms with E-state index in [-0.39, 0.29) is 5.91 Å². The van der Waals surface area contributed by atoms with E-state index in [0.29, 0.717) is 23.4 Å². The van der Waals surface area contributed by atoms with Gasteiger partial charge in [0.2, 0.25) is 0 Å². The number of benzene rings is 2. The van der Waals surface area contributed by atoms with Gasteiger partial charge in [0, 0.05) is 31.9 Å². The molecule has 148 valence electrons. The summed E-state index contributed by atoms with van der Waals surface area (Å²) in [5, 5.41) is 3.31. The van der Waals surface area contributed by atoms with Gasteiger partial charge in [-0.15, -0.1) is 0 Å². The fourth-order valence-corrected chi connectivity index (χ4v) is 3.76. The summed E-state index contributed by atoms with van der Waals surface area (Å²) in [6.07, 6.45) is 0.248. The Balaban J connectivity index is 1.55. The second-order valence-electron chi connectivity index (χ2n) is 7.07. The number of rotatable bonds is 5. The highest BCUT2D eigenvalue weighted by atomic mass is 19.2. The number of nitrogens with zero attached hydrogens (tertiary/aromatic N) is 2. The smallest absolute Gasteiger partial charge is 0.257 e. The van der Waals surface area contributed by atoms with Crippen molar-refractivity contribution < 1.29 is 18.3 Å². The summed E-state index contributed by atoms with van der Waals surface area (Å²) in [7, 11) is 0. The number of amides is 1. The van der Waals surface area contributed by atoms with Crippen molar-refractivity contribution in [3.05, 3.63) is 65.2 Å². The van der Waals surface area contributed by atoms with Gasteiger partial charge in [0.25, 0.3) is 5.91 Å². The maximum absolute atomic E-state index is 13.8. The van der Waals surface area contributed by atoms with Gasteiger partial charge in [-0.3, -0.25) is 9.69 Å². The summed E-state index contributed by atoms with van der Waals surface area (Å²) in [6.45, 7) is 4.62. The first kappa shape index (κ1) is 18.8. The predicted octanol–water partition coefficient (Wildman–Crippen LogP) is 3.25. The topological polar surface area (TPSA) is 44.8 Å². The minimum Gasteiger partial charge on any atom is -0.379 e. The maximum atomic E-state index is 13.8. The largest absolute Gasteiger partial charge is 0.379 e. The van der Waals surface area contributed by atoms with Crippen LogP contribution in [-0.2, 0) is 4.74 Å². The lowest BCUT2D eigenvalue weighted by molar-refractivity contribution is 0.0348. The van der Waals surface area contributed by atoms with Gasteiger partial charge in [-0.2, -0.15) is 0 Å². The van der Waals surface area contributed by atoms with Crippen LogP contribution in [0.2, 0.25) is 0 Å². The minimum atomic E-state index is -0.918. The molecule has 0 saturated carbocycles. The molecular formula is C21H23F2N3O2. The number of halogens is 2. The fourth-order valence-electron chi connectivity index (χ4n) is 3.76. The molecule has 5 nitrogen and oxygen atoms in total. The Kier molecular flexibility index (Phi) is 5.54. The highest BCUT2D eigenvalue weighted by Crippen LogP contribution is 2.33. The highest BCUT2D eigenvalue weighted by molar-refractivity contribution is 6.01. The molecule has 2 heterocycles. The zero-order valence-corrected chi connectivity index (χ0v) is 15.5. The van der Waals surface area contributed by atoms with Gasteiger partial charge >= 0.3 is 0 Å². The second-order valence-corrected chi connectivity index (χ2v) is 7.07. The van der Waals surface area contributed by atoms with E-state index in [2.05, 4.69) is 10.2 Å². The summed E-state index contributed by atoms with van der Waals surface area (Å²) in [5.41, 5.74) is 1.81. The molecule has 1 fully saturated rings. The Morgan fingerprint density at radius 1 is 1.04 bits per heavy atom. The molecule has 0 radical (unpaired) electrons. The lowest BCUT2D eigenvalue weighted by Crippen LogP contribution is -2.44. The molecule has 1 atom stereocenters. The Morgan fingerprint density at radius 3 is 2.61 bits per heavy atom. The minimum absolute atomic E-state index is 0.105. The van der Waals surface area contributed by atoms with E-state index in [1.807, 2.05) is 18.2 Å². The molecule has 1 N–H and O–H groups in total. The van der Waals surface area contributed by atoms with Crippen molar-refractivity contribution in [3.63, 3.8) is 0 Å². The lowest BCUT2D eigenvalue weighted by atomic mass is 10.0. The Labute approximate surface area is 162 Å². The SMILES string of the molecule is O=C1c2ccccc2NC(c2ccc(F)c(F)c2)N1CCCN1CCOCC1. The van der Waals surface area contributed by atoms with Crippen LogP contribution in [0.15, 0.2) is 42.5 Å². The van der Waals surface area contributed by atoms with E-state index < -0.39 is 17.8 Å². The van der Waals surface area contributed by atoms with Gasteiger partial charge in [-0.1, -0.05) is 18.2 Å². The van der Waals surface area contributed by atoms with Crippen LogP contribution in [0.3, 0.4) is 0 Å². The molecule has 28 heavy (non-hydrogen) atoms. The molecule has 0 aliphatic carbocycles. The van der Waals surface area contributed by atoms with E-state index in [0.717, 1.165) is 51.4 Å². The highest BCUT2D eigenvalue weighted by Gasteiger charge is 2.33. The number of ether oxygens (including phenoxy) is 1. The number of hydrogen-bond donors (Lipinski definition) is 1. The van der Waals surface area contributed by atoms with Crippen LogP contribution in [0, 0.1) is 11.6 Å². The third-order valence-electron chi connectivity index (χ3n) is 5.26. The van der Waals surface area contributed by atoms with Crippen LogP contribution >= 0.6 is 0 Å². The first-order chi connectivity index (χ1) is 13.6. The number of hydrogen-bond acceptors (Lipinski definition) is 4. The average molecular weight is 387 g/mol. The Bertz CT molecular complexity index is 855. The molecule has 2 aliphatic rings. The number of anilines is 1. The third kappa shape index (κ3) is 3.86. The molecule has 2 aliphatic heterocycles. The Morgan fingerprint density at radius 2 is 1.82 bits per heavy atom. The van der Waals surface area contributed by atoms with Crippen molar-refractivity contribution in [2.75, 3.05) is 44.7 Å². The van der Waals surface area contributed by atoms with E-state index in [9.17, 15) is 13.6 Å². The summed E-state index contributed by atoms with van der Waals surface area (Å²) in [4.78, 5) is 17.1. The monoisotopic (exact) mass is 387 g/mol. The molecule has 0 spiro atoms. The summed E-state index contributed by atoms with van der Waals surface area (Å²) < 4.78 is 32.6. The van der Waals surface area contributed by atoms with E-state index in [1.54, 1.807) is 11.0 Å². The summed E-state index contributed by atoms with van der Waals surface area (Å²) in [6, 6.07) is 11.0. The van der Waals surface area contributed by atoms with Crippen molar-refractivity contribution in [2.24, 2.45) is 0 Å². The van der Waals surface area contributed by atoms with E-state index in [4.69, 9.17) is 4.74 Å². The number of nitrogens with one attached hydrogen (secondary N) is 1. The molecule has 1 amide bonds. The molecule has 1 unspecified atom stereocenters. The molecule has 1 saturated heterocycles. The molecule has 4 rings (SSSR count). The average Bonchev–Trinajstić information content (AvgIpc) is 2.72. The van der Waals surface area contributed by atoms with Crippen LogP contribution < -0.4 is 5.32 Å². The first-order valence-corrected chi connectivity index (χ1v) is 9.55. The van der Waals surface area contributed by atoms with E-state index >= 15 is 0 Å². The summed E-state index contributed by atoms with van der Waals surface area (Å²) in [5.74, 6) is -1.92. The van der Waals surface area contributed by atoms with Crippen molar-refractivity contribution >= 4 is 11.6 Å². The van der Waals surface area contributed by atoms with Crippen LogP contribution in [0.1, 0.15) is 28.5 Å². The number of carbonyl (C=O) groups is 1. The van der Waals surface area contributed by atoms with Gasteiger partial charge in [-0.05, 0) is 36.2 Å². The van der Waals surface area contributed by atoms with Crippen molar-refractivity contribution in [1.82, 2.24) is 9.80 Å². The molecular weight excluding hydrogens is 364 g/mol. The third-order valence-corrected chi connectivity index (χ3v) is 5.26. The molecule has 0 bridgehead atoms. The van der Waals surface area contributed by atoms with E-state index in [1.165, 1.54) is 6.07 Å². The van der Waals surface area contributed by atoms with Gasteiger partial charge in [0.1, 0.15) is 6.17 Å². The number of para-hydroxylation sites is 1. The zero-order chi connectivity index (χ0) is 19.5. The van der Waals surface area contributed by atoms with Crippen LogP contribution in [0.25, 0.3) is 0 Å². The number of morpholine rings is 1. The lowest BCUT2D eigenvalue weighted by Gasteiger charge is -2.38. The predicted molar refractivity (Wildman–Crippen MR) is 102 cm³/mol. The summed E-state index contributed by atoms with van der Waals surface area (Å²) >= 11 is 0. The number of fused-ring (bicyclic) bond motifs is 1. The maximum Gasteiger partial charge on any atom is 0.257 e. The molecule has 2 aromatic carbocycles. The van der Waals surface area contributed by atoms with Gasteiger partial charge < -0.3 is 15.0 Å². The van der Waals surface area contributed by atoms with Gasteiger partial charge in [0.05, 0.1) is 18.8 Å². The number of carbonyl (C=O) groups excluding carboxylic acids is 1. The molecule has 7 heteroatoms. The molecule has 0 aromatic heterocycles. The Hall–Kier alpha value is -2.51. The molecule has 2 aromatic rings. The standard InChI is InChI=1S/C21H23F2N3O2/c22-17-7-6-15(14-18(17)23)20-24-19-5-2-1-4-16(19)21(27)26(20)9-3-8-25-10-12-28-13-11-25/h1-2,4-7,14,20,24H,3,8-13H2. The van der Waals surface area contributed by atoms with Gasteiger partial charge in [0.15, 0.2) is 11.6 Å². The first-order valence-electron chi connectivity index (χ1n) is 9.55. The van der Waals surface area contributed by atoms with Crippen molar-refractivity contribution in [3.8, 4) is 0 Å². The van der Waals surface area contributed by atoms with Crippen molar-refractivity contribution in [1.29, 1.82) is 0 Å². The van der Waals surface area contributed by atoms with Crippen LogP contribution in [0.4, 0.5) is 14.5 Å². The quantitative estimate of drug-likeness (QED) is 0.856. The van der Waals surface area contributed by atoms with Gasteiger partial charge in [-0.25, -0.2) is 8.78 Å². The normalized spacial score (nSPS) is 20.0. The van der Waals surface area contributed by atoms with Crippen LogP contribution in [0.5, 0.6) is 0 Å². The second kappa shape index (κ2) is 8.24.